The average Bonchev–Trinajstić information content (AvgIpc) is 2.79. The van der Waals surface area contributed by atoms with Crippen molar-refractivity contribution in [3.8, 4) is 0 Å². The summed E-state index contributed by atoms with van der Waals surface area (Å²) < 4.78 is 0. The Morgan fingerprint density at radius 1 is 1.31 bits per heavy atom. The molecule has 96 valence electrons. The Labute approximate surface area is 101 Å². The number of aliphatic hydroxyl groups is 1. The summed E-state index contributed by atoms with van der Waals surface area (Å²) >= 11 is 0. The van der Waals surface area contributed by atoms with Crippen LogP contribution in [0, 0.1) is 5.92 Å². The highest BCUT2D eigenvalue weighted by Gasteiger charge is 2.27. The zero-order chi connectivity index (χ0) is 12.0. The third-order valence-corrected chi connectivity index (χ3v) is 4.16. The van der Waals surface area contributed by atoms with Gasteiger partial charge in [0.05, 0.1) is 5.60 Å². The minimum absolute atomic E-state index is 0.488. The van der Waals surface area contributed by atoms with Gasteiger partial charge in [-0.05, 0) is 31.6 Å². The molecule has 2 heteroatoms. The van der Waals surface area contributed by atoms with Gasteiger partial charge in [-0.15, -0.1) is 0 Å². The van der Waals surface area contributed by atoms with Gasteiger partial charge in [0.15, 0.2) is 0 Å². The predicted molar refractivity (Wildman–Crippen MR) is 69.6 cm³/mol. The number of hydrogen-bond acceptors (Lipinski definition) is 2. The normalized spacial score (nSPS) is 23.2. The molecule has 0 heterocycles. The molecule has 1 rings (SSSR count). The monoisotopic (exact) mass is 227 g/mol. The third kappa shape index (κ3) is 4.42. The number of nitrogens with one attached hydrogen (secondary N) is 1. The van der Waals surface area contributed by atoms with Crippen molar-refractivity contribution < 1.29 is 5.11 Å². The predicted octanol–water partition coefficient (Wildman–Crippen LogP) is 3.10. The maximum absolute atomic E-state index is 10.5. The topological polar surface area (TPSA) is 32.3 Å². The first-order chi connectivity index (χ1) is 7.59. The number of rotatable bonds is 7. The van der Waals surface area contributed by atoms with E-state index in [0.717, 1.165) is 25.8 Å². The Kier molecular flexibility index (Phi) is 5.77. The molecule has 2 N–H and O–H groups in total. The molecule has 1 aliphatic carbocycles. The van der Waals surface area contributed by atoms with Crippen molar-refractivity contribution in [2.75, 3.05) is 6.54 Å². The van der Waals surface area contributed by atoms with Crippen LogP contribution in [-0.2, 0) is 0 Å². The molecule has 0 aromatic rings. The highest BCUT2D eigenvalue weighted by atomic mass is 16.3. The summed E-state index contributed by atoms with van der Waals surface area (Å²) in [7, 11) is 0. The maximum atomic E-state index is 10.5. The van der Waals surface area contributed by atoms with Gasteiger partial charge in [-0.25, -0.2) is 0 Å². The molecular formula is C14H29NO. The molecule has 2 nitrogen and oxygen atoms in total. The highest BCUT2D eigenvalue weighted by molar-refractivity contribution is 4.84. The molecule has 0 bridgehead atoms. The first-order valence-electron chi connectivity index (χ1n) is 7.05. The van der Waals surface area contributed by atoms with Gasteiger partial charge in [-0.2, -0.15) is 0 Å². The van der Waals surface area contributed by atoms with Gasteiger partial charge in [-0.3, -0.25) is 0 Å². The molecule has 2 unspecified atom stereocenters. The molecule has 0 radical (unpaired) electrons. The molecule has 0 aromatic heterocycles. The summed E-state index contributed by atoms with van der Waals surface area (Å²) in [5, 5.41) is 14.1. The minimum atomic E-state index is -0.488. The first kappa shape index (κ1) is 14.0. The van der Waals surface area contributed by atoms with Crippen molar-refractivity contribution in [1.82, 2.24) is 5.32 Å². The van der Waals surface area contributed by atoms with Crippen molar-refractivity contribution in [1.29, 1.82) is 0 Å². The van der Waals surface area contributed by atoms with Crippen LogP contribution in [0.3, 0.4) is 0 Å². The van der Waals surface area contributed by atoms with E-state index in [1.807, 2.05) is 0 Å². The van der Waals surface area contributed by atoms with E-state index in [-0.39, 0.29) is 0 Å². The van der Waals surface area contributed by atoms with Gasteiger partial charge in [0.2, 0.25) is 0 Å². The van der Waals surface area contributed by atoms with E-state index in [9.17, 15) is 5.11 Å². The van der Waals surface area contributed by atoms with Gasteiger partial charge < -0.3 is 10.4 Å². The molecular weight excluding hydrogens is 198 g/mol. The van der Waals surface area contributed by atoms with Crippen LogP contribution >= 0.6 is 0 Å². The van der Waals surface area contributed by atoms with E-state index >= 15 is 0 Å². The fraction of sp³-hybridized carbons (Fsp3) is 1.00. The summed E-state index contributed by atoms with van der Waals surface area (Å²) in [4.78, 5) is 0. The molecule has 1 saturated carbocycles. The van der Waals surface area contributed by atoms with Crippen molar-refractivity contribution >= 4 is 0 Å². The zero-order valence-corrected chi connectivity index (χ0v) is 11.3. The summed E-state index contributed by atoms with van der Waals surface area (Å²) in [5.74, 6) is 0.621. The summed E-state index contributed by atoms with van der Waals surface area (Å²) in [5.41, 5.74) is -0.488. The SMILES string of the molecule is CCC(C)CC(O)(CC)CNC1CCCC1. The van der Waals surface area contributed by atoms with E-state index in [2.05, 4.69) is 26.1 Å². The lowest BCUT2D eigenvalue weighted by Crippen LogP contribution is -2.44. The molecule has 1 aliphatic rings. The van der Waals surface area contributed by atoms with Crippen molar-refractivity contribution in [3.05, 3.63) is 0 Å². The molecule has 0 spiro atoms. The standard InChI is InChI=1S/C14H29NO/c1-4-12(3)10-14(16,5-2)11-15-13-8-6-7-9-13/h12-13,15-16H,4-11H2,1-3H3. The molecule has 1 fully saturated rings. The lowest BCUT2D eigenvalue weighted by molar-refractivity contribution is 0.0116. The lowest BCUT2D eigenvalue weighted by Gasteiger charge is -2.31. The van der Waals surface area contributed by atoms with Crippen LogP contribution in [0.5, 0.6) is 0 Å². The zero-order valence-electron chi connectivity index (χ0n) is 11.3. The minimum Gasteiger partial charge on any atom is -0.389 e. The van der Waals surface area contributed by atoms with Crippen molar-refractivity contribution in [3.63, 3.8) is 0 Å². The van der Waals surface area contributed by atoms with Crippen LogP contribution in [0.1, 0.15) is 65.7 Å². The molecule has 0 saturated heterocycles. The first-order valence-corrected chi connectivity index (χ1v) is 7.05. The second-order valence-electron chi connectivity index (χ2n) is 5.66. The van der Waals surface area contributed by atoms with Gasteiger partial charge >= 0.3 is 0 Å². The Morgan fingerprint density at radius 2 is 1.94 bits per heavy atom. The third-order valence-electron chi connectivity index (χ3n) is 4.16. The van der Waals surface area contributed by atoms with Crippen LogP contribution < -0.4 is 5.32 Å². The summed E-state index contributed by atoms with van der Waals surface area (Å²) in [6.45, 7) is 7.30. The van der Waals surface area contributed by atoms with Crippen molar-refractivity contribution in [2.24, 2.45) is 5.92 Å². The van der Waals surface area contributed by atoms with E-state index in [1.54, 1.807) is 0 Å². The van der Waals surface area contributed by atoms with E-state index < -0.39 is 5.60 Å². The quantitative estimate of drug-likeness (QED) is 0.700. The molecule has 0 aliphatic heterocycles. The van der Waals surface area contributed by atoms with Crippen LogP contribution in [0.4, 0.5) is 0 Å². The van der Waals surface area contributed by atoms with Gasteiger partial charge in [0.25, 0.3) is 0 Å². The second-order valence-corrected chi connectivity index (χ2v) is 5.66. The average molecular weight is 227 g/mol. The summed E-state index contributed by atoms with van der Waals surface area (Å²) in [6, 6.07) is 0.662. The Bertz CT molecular complexity index is 189. The smallest absolute Gasteiger partial charge is 0.0771 e. The van der Waals surface area contributed by atoms with E-state index in [1.165, 1.54) is 25.7 Å². The molecule has 0 amide bonds. The fourth-order valence-corrected chi connectivity index (χ4v) is 2.60. The van der Waals surface area contributed by atoms with Crippen LogP contribution in [0.25, 0.3) is 0 Å². The highest BCUT2D eigenvalue weighted by Crippen LogP contribution is 2.24. The van der Waals surface area contributed by atoms with Gasteiger partial charge in [0, 0.05) is 12.6 Å². The van der Waals surface area contributed by atoms with Crippen LogP contribution in [-0.4, -0.2) is 23.3 Å². The second kappa shape index (κ2) is 6.61. The molecule has 16 heavy (non-hydrogen) atoms. The van der Waals surface area contributed by atoms with Gasteiger partial charge in [0.1, 0.15) is 0 Å². The Balaban J connectivity index is 2.33. The van der Waals surface area contributed by atoms with Crippen molar-refractivity contribution in [2.45, 2.75) is 77.4 Å². The summed E-state index contributed by atoms with van der Waals surface area (Å²) in [6.07, 6.45) is 8.25. The number of hydrogen-bond donors (Lipinski definition) is 2. The molecule has 0 aromatic carbocycles. The Hall–Kier alpha value is -0.0800. The van der Waals surface area contributed by atoms with Crippen LogP contribution in [0.15, 0.2) is 0 Å². The molecule has 2 atom stereocenters. The largest absolute Gasteiger partial charge is 0.389 e. The fourth-order valence-electron chi connectivity index (χ4n) is 2.60. The van der Waals surface area contributed by atoms with E-state index in [4.69, 9.17) is 0 Å². The van der Waals surface area contributed by atoms with Gasteiger partial charge in [-0.1, -0.05) is 40.0 Å². The van der Waals surface area contributed by atoms with E-state index in [0.29, 0.717) is 12.0 Å². The lowest BCUT2D eigenvalue weighted by atomic mass is 9.87. The van der Waals surface area contributed by atoms with Crippen LogP contribution in [0.2, 0.25) is 0 Å². The maximum Gasteiger partial charge on any atom is 0.0771 e. The Morgan fingerprint density at radius 3 is 2.44 bits per heavy atom.